The molecule has 1 amide bonds. The van der Waals surface area contributed by atoms with E-state index in [4.69, 9.17) is 14.2 Å². The van der Waals surface area contributed by atoms with Crippen molar-refractivity contribution < 1.29 is 23.8 Å². The Bertz CT molecular complexity index is 712. The number of methoxy groups -OCH3 is 1. The minimum atomic E-state index is -0.426. The van der Waals surface area contributed by atoms with Crippen molar-refractivity contribution in [1.29, 1.82) is 0 Å². The van der Waals surface area contributed by atoms with Crippen LogP contribution >= 0.6 is 0 Å². The first-order chi connectivity index (χ1) is 12.1. The van der Waals surface area contributed by atoms with Gasteiger partial charge >= 0.3 is 5.97 Å². The smallest absolute Gasteiger partial charge is 0.338 e. The summed E-state index contributed by atoms with van der Waals surface area (Å²) in [6, 6.07) is 13.4. The molecule has 6 nitrogen and oxygen atoms in total. The van der Waals surface area contributed by atoms with E-state index in [-0.39, 0.29) is 12.5 Å². The Kier molecular flexibility index (Phi) is 6.98. The first-order valence-corrected chi connectivity index (χ1v) is 7.94. The number of amides is 1. The average Bonchev–Trinajstić information content (AvgIpc) is 2.65. The van der Waals surface area contributed by atoms with Crippen LogP contribution in [0.4, 0.5) is 5.69 Å². The monoisotopic (exact) mass is 343 g/mol. The van der Waals surface area contributed by atoms with Crippen LogP contribution in [0.3, 0.4) is 0 Å². The highest BCUT2D eigenvalue weighted by Gasteiger charge is 2.09. The fourth-order valence-electron chi connectivity index (χ4n) is 2.08. The van der Waals surface area contributed by atoms with Crippen LogP contribution < -0.4 is 10.1 Å². The Labute approximate surface area is 146 Å². The van der Waals surface area contributed by atoms with E-state index in [0.717, 1.165) is 0 Å². The van der Waals surface area contributed by atoms with E-state index in [0.29, 0.717) is 35.8 Å². The molecular weight excluding hydrogens is 322 g/mol. The van der Waals surface area contributed by atoms with E-state index in [1.807, 2.05) is 6.92 Å². The van der Waals surface area contributed by atoms with Gasteiger partial charge in [-0.3, -0.25) is 4.79 Å². The van der Waals surface area contributed by atoms with Gasteiger partial charge in [0.2, 0.25) is 0 Å². The molecule has 0 saturated heterocycles. The summed E-state index contributed by atoms with van der Waals surface area (Å²) in [4.78, 5) is 24.1. The van der Waals surface area contributed by atoms with Crippen LogP contribution in [-0.4, -0.2) is 38.8 Å². The molecule has 2 aromatic carbocycles. The van der Waals surface area contributed by atoms with Gasteiger partial charge in [-0.25, -0.2) is 4.79 Å². The Morgan fingerprint density at radius 3 is 2.44 bits per heavy atom. The number of esters is 1. The zero-order chi connectivity index (χ0) is 18.1. The standard InChI is InChI=1S/C19H21NO5/c1-3-24-11-12-25-19(22)14-7-9-16(10-8-14)20-18(21)15-5-4-6-17(13-15)23-2/h4-10,13H,3,11-12H2,1-2H3,(H,20,21). The summed E-state index contributed by atoms with van der Waals surface area (Å²) in [5.74, 6) is -0.0749. The number of hydrogen-bond acceptors (Lipinski definition) is 5. The van der Waals surface area contributed by atoms with Gasteiger partial charge in [0.15, 0.2) is 0 Å². The van der Waals surface area contributed by atoms with E-state index in [2.05, 4.69) is 5.32 Å². The van der Waals surface area contributed by atoms with Gasteiger partial charge < -0.3 is 19.5 Å². The summed E-state index contributed by atoms with van der Waals surface area (Å²) in [7, 11) is 1.54. The summed E-state index contributed by atoms with van der Waals surface area (Å²) in [5, 5.41) is 2.77. The molecular formula is C19H21NO5. The van der Waals surface area contributed by atoms with Gasteiger partial charge in [-0.2, -0.15) is 0 Å². The molecule has 2 rings (SSSR count). The summed E-state index contributed by atoms with van der Waals surface area (Å²) in [6.07, 6.45) is 0. The maximum atomic E-state index is 12.2. The normalized spacial score (nSPS) is 10.2. The van der Waals surface area contributed by atoms with E-state index in [1.54, 1.807) is 55.6 Å². The third-order valence-corrected chi connectivity index (χ3v) is 3.38. The highest BCUT2D eigenvalue weighted by atomic mass is 16.6. The number of rotatable bonds is 8. The lowest BCUT2D eigenvalue weighted by atomic mass is 10.1. The van der Waals surface area contributed by atoms with Crippen molar-refractivity contribution in [1.82, 2.24) is 0 Å². The third kappa shape index (κ3) is 5.61. The predicted molar refractivity (Wildman–Crippen MR) is 94.2 cm³/mol. The molecule has 1 N–H and O–H groups in total. The third-order valence-electron chi connectivity index (χ3n) is 3.38. The van der Waals surface area contributed by atoms with Gasteiger partial charge in [-0.1, -0.05) is 6.07 Å². The van der Waals surface area contributed by atoms with Crippen LogP contribution in [0.1, 0.15) is 27.6 Å². The molecule has 2 aromatic rings. The molecule has 0 radical (unpaired) electrons. The number of hydrogen-bond donors (Lipinski definition) is 1. The zero-order valence-corrected chi connectivity index (χ0v) is 14.3. The van der Waals surface area contributed by atoms with Crippen LogP contribution in [0.5, 0.6) is 5.75 Å². The number of ether oxygens (including phenoxy) is 3. The first-order valence-electron chi connectivity index (χ1n) is 7.94. The summed E-state index contributed by atoms with van der Waals surface area (Å²) >= 11 is 0. The van der Waals surface area contributed by atoms with Crippen molar-refractivity contribution in [3.8, 4) is 5.75 Å². The largest absolute Gasteiger partial charge is 0.497 e. The quantitative estimate of drug-likeness (QED) is 0.589. The number of anilines is 1. The molecule has 0 bridgehead atoms. The molecule has 25 heavy (non-hydrogen) atoms. The Hall–Kier alpha value is -2.86. The number of carbonyl (C=O) groups is 2. The van der Waals surface area contributed by atoms with Crippen LogP contribution in [0, 0.1) is 0 Å². The molecule has 6 heteroatoms. The van der Waals surface area contributed by atoms with Crippen molar-refractivity contribution in [2.45, 2.75) is 6.92 Å². The van der Waals surface area contributed by atoms with Crippen molar-refractivity contribution >= 4 is 17.6 Å². The summed E-state index contributed by atoms with van der Waals surface area (Å²) in [6.45, 7) is 3.04. The van der Waals surface area contributed by atoms with Crippen LogP contribution in [0.15, 0.2) is 48.5 Å². The van der Waals surface area contributed by atoms with Gasteiger partial charge in [0, 0.05) is 17.9 Å². The lowest BCUT2D eigenvalue weighted by molar-refractivity contribution is 0.0335. The molecule has 0 aliphatic heterocycles. The number of carbonyl (C=O) groups excluding carboxylic acids is 2. The Morgan fingerprint density at radius 2 is 1.76 bits per heavy atom. The van der Waals surface area contributed by atoms with E-state index >= 15 is 0 Å². The minimum absolute atomic E-state index is 0.209. The first kappa shape index (κ1) is 18.5. The SMILES string of the molecule is CCOCCOC(=O)c1ccc(NC(=O)c2cccc(OC)c2)cc1. The van der Waals surface area contributed by atoms with Crippen LogP contribution in [0.2, 0.25) is 0 Å². The highest BCUT2D eigenvalue weighted by Crippen LogP contribution is 2.16. The Balaban J connectivity index is 1.93. The van der Waals surface area contributed by atoms with Gasteiger partial charge in [-0.15, -0.1) is 0 Å². The van der Waals surface area contributed by atoms with E-state index in [1.165, 1.54) is 0 Å². The molecule has 0 spiro atoms. The van der Waals surface area contributed by atoms with Gasteiger partial charge in [0.1, 0.15) is 12.4 Å². The summed E-state index contributed by atoms with van der Waals surface area (Å²) < 4.78 is 15.3. The summed E-state index contributed by atoms with van der Waals surface area (Å²) in [5.41, 5.74) is 1.48. The number of benzene rings is 2. The molecule has 0 unspecified atom stereocenters. The molecule has 0 saturated carbocycles. The molecule has 0 aliphatic carbocycles. The average molecular weight is 343 g/mol. The minimum Gasteiger partial charge on any atom is -0.497 e. The second-order valence-corrected chi connectivity index (χ2v) is 5.10. The van der Waals surface area contributed by atoms with Crippen molar-refractivity contribution in [3.63, 3.8) is 0 Å². The predicted octanol–water partition coefficient (Wildman–Crippen LogP) is 3.14. The highest BCUT2D eigenvalue weighted by molar-refractivity contribution is 6.04. The second-order valence-electron chi connectivity index (χ2n) is 5.10. The molecule has 0 atom stereocenters. The van der Waals surface area contributed by atoms with Gasteiger partial charge in [-0.05, 0) is 49.4 Å². The van der Waals surface area contributed by atoms with Crippen LogP contribution in [0.25, 0.3) is 0 Å². The maximum Gasteiger partial charge on any atom is 0.338 e. The van der Waals surface area contributed by atoms with E-state index in [9.17, 15) is 9.59 Å². The zero-order valence-electron chi connectivity index (χ0n) is 14.3. The van der Waals surface area contributed by atoms with Gasteiger partial charge in [0.25, 0.3) is 5.91 Å². The molecule has 0 aliphatic rings. The van der Waals surface area contributed by atoms with Gasteiger partial charge in [0.05, 0.1) is 19.3 Å². The van der Waals surface area contributed by atoms with Crippen molar-refractivity contribution in [3.05, 3.63) is 59.7 Å². The van der Waals surface area contributed by atoms with Crippen LogP contribution in [-0.2, 0) is 9.47 Å². The lowest BCUT2D eigenvalue weighted by Gasteiger charge is -2.08. The molecule has 0 heterocycles. The Morgan fingerprint density at radius 1 is 1.00 bits per heavy atom. The molecule has 0 fully saturated rings. The fourth-order valence-corrected chi connectivity index (χ4v) is 2.08. The fraction of sp³-hybridized carbons (Fsp3) is 0.263. The maximum absolute atomic E-state index is 12.2. The van der Waals surface area contributed by atoms with Crippen molar-refractivity contribution in [2.24, 2.45) is 0 Å². The van der Waals surface area contributed by atoms with Crippen molar-refractivity contribution in [2.75, 3.05) is 32.2 Å². The second kappa shape index (κ2) is 9.44. The number of nitrogens with one attached hydrogen (secondary N) is 1. The molecule has 0 aromatic heterocycles. The molecule has 132 valence electrons. The van der Waals surface area contributed by atoms with E-state index < -0.39 is 5.97 Å². The topological polar surface area (TPSA) is 73.9 Å². The lowest BCUT2D eigenvalue weighted by Crippen LogP contribution is -2.13.